The molecule has 6 nitrogen and oxygen atoms in total. The molecule has 1 saturated carbocycles. The summed E-state index contributed by atoms with van der Waals surface area (Å²) in [4.78, 5) is 12.1. The Morgan fingerprint density at radius 2 is 1.83 bits per heavy atom. The second kappa shape index (κ2) is 9.25. The molecule has 2 atom stereocenters. The number of sulfonamides is 1. The Hall–Kier alpha value is -1.31. The van der Waals surface area contributed by atoms with Crippen molar-refractivity contribution in [3.05, 3.63) is 24.3 Å². The SMILES string of the molecule is CCCCS(=O)(=O)Nc1ccc(NC(=O)C2CCC(N)C2)cc1.Cl. The zero-order valence-corrected chi connectivity index (χ0v) is 15.5. The summed E-state index contributed by atoms with van der Waals surface area (Å²) in [5.74, 6) is 0.0654. The van der Waals surface area contributed by atoms with Gasteiger partial charge in [-0.25, -0.2) is 8.42 Å². The lowest BCUT2D eigenvalue weighted by molar-refractivity contribution is -0.119. The van der Waals surface area contributed by atoms with Crippen LogP contribution in [-0.2, 0) is 14.8 Å². The standard InChI is InChI=1S/C16H25N3O3S.ClH/c1-2-3-10-23(21,22)19-15-8-6-14(7-9-15)18-16(20)12-4-5-13(17)11-12;/h6-9,12-13,19H,2-5,10-11,17H2,1H3,(H,18,20);1H. The van der Waals surface area contributed by atoms with Crippen LogP contribution in [0.2, 0.25) is 0 Å². The highest BCUT2D eigenvalue weighted by Gasteiger charge is 2.27. The van der Waals surface area contributed by atoms with Crippen LogP contribution in [0.4, 0.5) is 11.4 Å². The normalized spacial score (nSPS) is 20.2. The van der Waals surface area contributed by atoms with Crippen LogP contribution in [0.3, 0.4) is 0 Å². The molecule has 0 bridgehead atoms. The van der Waals surface area contributed by atoms with Gasteiger partial charge in [0, 0.05) is 23.3 Å². The van der Waals surface area contributed by atoms with Crippen molar-refractivity contribution in [2.24, 2.45) is 11.7 Å². The molecule has 2 unspecified atom stereocenters. The summed E-state index contributed by atoms with van der Waals surface area (Å²) in [7, 11) is -3.30. The minimum Gasteiger partial charge on any atom is -0.328 e. The van der Waals surface area contributed by atoms with Crippen molar-refractivity contribution in [1.82, 2.24) is 0 Å². The number of hydrogen-bond acceptors (Lipinski definition) is 4. The second-order valence-electron chi connectivity index (χ2n) is 6.11. The van der Waals surface area contributed by atoms with Gasteiger partial charge in [0.15, 0.2) is 0 Å². The zero-order valence-electron chi connectivity index (χ0n) is 13.8. The lowest BCUT2D eigenvalue weighted by Gasteiger charge is -2.12. The quantitative estimate of drug-likeness (QED) is 0.681. The minimum absolute atomic E-state index is 0. The van der Waals surface area contributed by atoms with E-state index in [0.29, 0.717) is 17.8 Å². The number of nitrogens with two attached hydrogens (primary N) is 1. The maximum atomic E-state index is 12.1. The first-order chi connectivity index (χ1) is 10.9. The third kappa shape index (κ3) is 6.30. The summed E-state index contributed by atoms with van der Waals surface area (Å²) < 4.78 is 26.2. The van der Waals surface area contributed by atoms with Crippen LogP contribution in [0.5, 0.6) is 0 Å². The highest BCUT2D eigenvalue weighted by Crippen LogP contribution is 2.25. The van der Waals surface area contributed by atoms with E-state index in [9.17, 15) is 13.2 Å². The number of rotatable bonds is 7. The smallest absolute Gasteiger partial charge is 0.232 e. The van der Waals surface area contributed by atoms with Crippen molar-refractivity contribution < 1.29 is 13.2 Å². The zero-order chi connectivity index (χ0) is 16.9. The van der Waals surface area contributed by atoms with E-state index < -0.39 is 10.0 Å². The van der Waals surface area contributed by atoms with Crippen LogP contribution in [0.1, 0.15) is 39.0 Å². The molecule has 0 radical (unpaired) electrons. The summed E-state index contributed by atoms with van der Waals surface area (Å²) in [5, 5.41) is 2.86. The van der Waals surface area contributed by atoms with Gasteiger partial charge in [0.25, 0.3) is 0 Å². The molecular formula is C16H26ClN3O3S. The first kappa shape index (κ1) is 20.7. The highest BCUT2D eigenvalue weighted by atomic mass is 35.5. The topological polar surface area (TPSA) is 101 Å². The number of anilines is 2. The molecule has 1 aromatic rings. The van der Waals surface area contributed by atoms with Crippen molar-refractivity contribution in [3.63, 3.8) is 0 Å². The molecule has 0 saturated heterocycles. The number of halogens is 1. The largest absolute Gasteiger partial charge is 0.328 e. The Morgan fingerprint density at radius 3 is 2.38 bits per heavy atom. The molecule has 8 heteroatoms. The number of amides is 1. The summed E-state index contributed by atoms with van der Waals surface area (Å²) in [6, 6.07) is 6.82. The van der Waals surface area contributed by atoms with Gasteiger partial charge in [0.2, 0.25) is 15.9 Å². The Kier molecular flexibility index (Phi) is 7.99. The number of benzene rings is 1. The second-order valence-corrected chi connectivity index (χ2v) is 7.95. The fourth-order valence-electron chi connectivity index (χ4n) is 2.69. The Morgan fingerprint density at radius 1 is 1.21 bits per heavy atom. The van der Waals surface area contributed by atoms with Crippen LogP contribution in [-0.4, -0.2) is 26.1 Å². The third-order valence-electron chi connectivity index (χ3n) is 4.04. The van der Waals surface area contributed by atoms with Gasteiger partial charge in [-0.15, -0.1) is 12.4 Å². The van der Waals surface area contributed by atoms with Crippen LogP contribution in [0.25, 0.3) is 0 Å². The molecule has 1 fully saturated rings. The van der Waals surface area contributed by atoms with E-state index >= 15 is 0 Å². The monoisotopic (exact) mass is 375 g/mol. The molecule has 2 rings (SSSR count). The van der Waals surface area contributed by atoms with Gasteiger partial charge in [0.1, 0.15) is 0 Å². The average molecular weight is 376 g/mol. The maximum Gasteiger partial charge on any atom is 0.232 e. The number of nitrogens with one attached hydrogen (secondary N) is 2. The van der Waals surface area contributed by atoms with Crippen molar-refractivity contribution in [3.8, 4) is 0 Å². The van der Waals surface area contributed by atoms with Crippen molar-refractivity contribution in [2.45, 2.75) is 45.1 Å². The minimum atomic E-state index is -3.30. The van der Waals surface area contributed by atoms with Gasteiger partial charge in [-0.1, -0.05) is 13.3 Å². The fourth-order valence-corrected chi connectivity index (χ4v) is 3.95. The van der Waals surface area contributed by atoms with Gasteiger partial charge in [-0.2, -0.15) is 0 Å². The molecule has 1 aromatic carbocycles. The fraction of sp³-hybridized carbons (Fsp3) is 0.562. The summed E-state index contributed by atoms with van der Waals surface area (Å²) in [6.07, 6.45) is 3.89. The predicted octanol–water partition coefficient (Wildman–Crippen LogP) is 2.72. The first-order valence-electron chi connectivity index (χ1n) is 8.06. The average Bonchev–Trinajstić information content (AvgIpc) is 2.94. The third-order valence-corrected chi connectivity index (χ3v) is 5.41. The molecule has 1 aliphatic carbocycles. The van der Waals surface area contributed by atoms with Gasteiger partial charge >= 0.3 is 0 Å². The Labute approximate surface area is 150 Å². The highest BCUT2D eigenvalue weighted by molar-refractivity contribution is 7.92. The van der Waals surface area contributed by atoms with Gasteiger partial charge in [0.05, 0.1) is 5.75 Å². The number of hydrogen-bond donors (Lipinski definition) is 3. The van der Waals surface area contributed by atoms with Gasteiger partial charge in [-0.05, 0) is 49.9 Å². The van der Waals surface area contributed by atoms with Crippen LogP contribution < -0.4 is 15.8 Å². The van der Waals surface area contributed by atoms with Crippen LogP contribution >= 0.6 is 12.4 Å². The maximum absolute atomic E-state index is 12.1. The van der Waals surface area contributed by atoms with E-state index in [1.165, 1.54) is 0 Å². The molecule has 0 aromatic heterocycles. The predicted molar refractivity (Wildman–Crippen MR) is 100.0 cm³/mol. The van der Waals surface area contributed by atoms with Crippen molar-refractivity contribution >= 4 is 39.7 Å². The number of carbonyl (C=O) groups excluding carboxylic acids is 1. The van der Waals surface area contributed by atoms with E-state index in [-0.39, 0.29) is 36.0 Å². The lowest BCUT2D eigenvalue weighted by Crippen LogP contribution is -2.23. The van der Waals surface area contributed by atoms with E-state index in [4.69, 9.17) is 5.73 Å². The molecule has 0 spiro atoms. The molecular weight excluding hydrogens is 350 g/mol. The van der Waals surface area contributed by atoms with Crippen molar-refractivity contribution in [2.75, 3.05) is 15.8 Å². The first-order valence-corrected chi connectivity index (χ1v) is 9.72. The Balaban J connectivity index is 0.00000288. The summed E-state index contributed by atoms with van der Waals surface area (Å²) in [6.45, 7) is 1.95. The van der Waals surface area contributed by atoms with E-state index in [2.05, 4.69) is 10.0 Å². The van der Waals surface area contributed by atoms with Crippen molar-refractivity contribution in [1.29, 1.82) is 0 Å². The van der Waals surface area contributed by atoms with Gasteiger partial charge in [-0.3, -0.25) is 9.52 Å². The molecule has 4 N–H and O–H groups in total. The van der Waals surface area contributed by atoms with E-state index in [1.54, 1.807) is 24.3 Å². The number of carbonyl (C=O) groups is 1. The molecule has 0 heterocycles. The molecule has 1 aliphatic rings. The Bertz CT molecular complexity index is 634. The summed E-state index contributed by atoms with van der Waals surface area (Å²) >= 11 is 0. The van der Waals surface area contributed by atoms with E-state index in [0.717, 1.165) is 25.7 Å². The molecule has 0 aliphatic heterocycles. The van der Waals surface area contributed by atoms with Crippen LogP contribution in [0, 0.1) is 5.92 Å². The van der Waals surface area contributed by atoms with Crippen LogP contribution in [0.15, 0.2) is 24.3 Å². The van der Waals surface area contributed by atoms with Gasteiger partial charge < -0.3 is 11.1 Å². The molecule has 24 heavy (non-hydrogen) atoms. The molecule has 1 amide bonds. The number of unbranched alkanes of at least 4 members (excludes halogenated alkanes) is 1. The molecule has 136 valence electrons. The lowest BCUT2D eigenvalue weighted by atomic mass is 10.1. The van der Waals surface area contributed by atoms with E-state index in [1.807, 2.05) is 6.92 Å². The summed E-state index contributed by atoms with van der Waals surface area (Å²) in [5.41, 5.74) is 6.99.